The number of nitrogens with one attached hydrogen (secondary N) is 2. The van der Waals surface area contributed by atoms with Crippen molar-refractivity contribution in [3.8, 4) is 0 Å². The van der Waals surface area contributed by atoms with Gasteiger partial charge >= 0.3 is 111 Å². The molecule has 0 saturated carbocycles. The van der Waals surface area contributed by atoms with Crippen LogP contribution in [0.4, 0.5) is 17.1 Å². The van der Waals surface area contributed by atoms with E-state index in [2.05, 4.69) is 18.6 Å². The second-order valence-corrected chi connectivity index (χ2v) is 5.58. The fourth-order valence-electron chi connectivity index (χ4n) is 2.22. The number of fused-ring (bicyclic) bond motifs is 1. The standard InChI is InChI=1S/C12H14N4OSe/c17-12(8-3-2-6-13-7-8)14-9-4-1-5-10-11(9)16-18-15-10/h1,4-5,8,13H,2-3,6-7H2,(H,14,17)/t8-/m0/s1. The molecule has 94 valence electrons. The number of carbonyl (C=O) groups excluding carboxylic acids is 1. The molecule has 1 aromatic rings. The summed E-state index contributed by atoms with van der Waals surface area (Å²) in [6, 6.07) is 5.74. The van der Waals surface area contributed by atoms with E-state index in [-0.39, 0.29) is 26.4 Å². The number of hydrogen-bond acceptors (Lipinski definition) is 4. The van der Waals surface area contributed by atoms with Crippen LogP contribution in [0.1, 0.15) is 12.8 Å². The molecule has 1 atom stereocenters. The Morgan fingerprint density at radius 3 is 3.22 bits per heavy atom. The maximum absolute atomic E-state index is 12.1. The normalized spacial score (nSPS) is 21.2. The molecule has 18 heavy (non-hydrogen) atoms. The third-order valence-electron chi connectivity index (χ3n) is 3.21. The summed E-state index contributed by atoms with van der Waals surface area (Å²) in [5.74, 6) is 0.156. The Kier molecular flexibility index (Phi) is 3.41. The van der Waals surface area contributed by atoms with Gasteiger partial charge in [0.15, 0.2) is 0 Å². The molecule has 0 unspecified atom stereocenters. The van der Waals surface area contributed by atoms with Crippen molar-refractivity contribution in [1.29, 1.82) is 0 Å². The first-order valence-electron chi connectivity index (χ1n) is 6.07. The number of benzene rings is 1. The molecule has 3 rings (SSSR count). The van der Waals surface area contributed by atoms with E-state index >= 15 is 0 Å². The molecule has 2 aliphatic heterocycles. The number of nitrogens with zero attached hydrogens (tertiary/aromatic N) is 2. The molecule has 6 heteroatoms. The van der Waals surface area contributed by atoms with Gasteiger partial charge in [0, 0.05) is 0 Å². The van der Waals surface area contributed by atoms with Crippen LogP contribution in [0.25, 0.3) is 0 Å². The van der Waals surface area contributed by atoms with Crippen molar-refractivity contribution in [3.05, 3.63) is 18.2 Å². The van der Waals surface area contributed by atoms with Crippen molar-refractivity contribution in [3.63, 3.8) is 0 Å². The second-order valence-electron chi connectivity index (χ2n) is 4.47. The van der Waals surface area contributed by atoms with E-state index in [0.29, 0.717) is 0 Å². The Balaban J connectivity index is 1.75. The van der Waals surface area contributed by atoms with Gasteiger partial charge < -0.3 is 0 Å². The summed E-state index contributed by atoms with van der Waals surface area (Å²) in [6.07, 6.45) is 2.02. The molecule has 0 aliphatic carbocycles. The average molecular weight is 309 g/mol. The zero-order chi connectivity index (χ0) is 12.4. The van der Waals surface area contributed by atoms with Crippen LogP contribution < -0.4 is 10.6 Å². The molecular weight excluding hydrogens is 295 g/mol. The first-order valence-corrected chi connectivity index (χ1v) is 7.60. The summed E-state index contributed by atoms with van der Waals surface area (Å²) >= 11 is -0.0600. The maximum atomic E-state index is 12.1. The molecule has 0 radical (unpaired) electrons. The number of piperidine rings is 1. The number of amides is 1. The van der Waals surface area contributed by atoms with E-state index in [9.17, 15) is 4.79 Å². The van der Waals surface area contributed by atoms with Crippen LogP contribution >= 0.6 is 0 Å². The predicted octanol–water partition coefficient (Wildman–Crippen LogP) is 1.97. The number of rotatable bonds is 2. The summed E-state index contributed by atoms with van der Waals surface area (Å²) in [6.45, 7) is 1.79. The van der Waals surface area contributed by atoms with Gasteiger partial charge in [-0.25, -0.2) is 0 Å². The average Bonchev–Trinajstić information content (AvgIpc) is 2.89. The Hall–Kier alpha value is -1.23. The number of anilines is 1. The molecule has 1 saturated heterocycles. The summed E-state index contributed by atoms with van der Waals surface area (Å²) in [5.41, 5.74) is 2.54. The van der Waals surface area contributed by atoms with Gasteiger partial charge in [-0.1, -0.05) is 0 Å². The van der Waals surface area contributed by atoms with Gasteiger partial charge in [-0.2, -0.15) is 0 Å². The van der Waals surface area contributed by atoms with Crippen LogP contribution in [0.15, 0.2) is 26.1 Å². The van der Waals surface area contributed by atoms with Gasteiger partial charge in [-0.15, -0.1) is 0 Å². The fourth-order valence-corrected chi connectivity index (χ4v) is 3.37. The zero-order valence-electron chi connectivity index (χ0n) is 9.85. The molecule has 0 bridgehead atoms. The Morgan fingerprint density at radius 2 is 2.39 bits per heavy atom. The Morgan fingerprint density at radius 1 is 1.44 bits per heavy atom. The molecule has 1 amide bonds. The first-order chi connectivity index (χ1) is 8.84. The van der Waals surface area contributed by atoms with E-state index in [4.69, 9.17) is 0 Å². The summed E-state index contributed by atoms with van der Waals surface area (Å²) in [4.78, 5) is 12.1. The van der Waals surface area contributed by atoms with E-state index < -0.39 is 0 Å². The monoisotopic (exact) mass is 310 g/mol. The van der Waals surface area contributed by atoms with Gasteiger partial charge in [0.2, 0.25) is 0 Å². The summed E-state index contributed by atoms with van der Waals surface area (Å²) < 4.78 is 8.67. The van der Waals surface area contributed by atoms with E-state index in [0.717, 1.165) is 43.0 Å². The van der Waals surface area contributed by atoms with Crippen LogP contribution in [-0.4, -0.2) is 33.6 Å². The minimum absolute atomic E-state index is 0.0600. The SMILES string of the molecule is O=C(Nc1cccc2c1N=[Se]=N2)[C@H]1CCCNC1. The van der Waals surface area contributed by atoms with Crippen molar-refractivity contribution < 1.29 is 4.79 Å². The van der Waals surface area contributed by atoms with Gasteiger partial charge in [0.1, 0.15) is 0 Å². The predicted molar refractivity (Wildman–Crippen MR) is 70.6 cm³/mol. The van der Waals surface area contributed by atoms with Crippen molar-refractivity contribution in [2.75, 3.05) is 18.4 Å². The molecule has 2 heterocycles. The molecule has 1 aromatic carbocycles. The first kappa shape index (κ1) is 11.8. The van der Waals surface area contributed by atoms with Crippen LogP contribution in [0.2, 0.25) is 0 Å². The third-order valence-corrected chi connectivity index (χ3v) is 4.35. The summed E-state index contributed by atoms with van der Waals surface area (Å²) in [7, 11) is 0. The zero-order valence-corrected chi connectivity index (χ0v) is 11.6. The van der Waals surface area contributed by atoms with Crippen molar-refractivity contribution >= 4 is 37.5 Å². The molecule has 2 N–H and O–H groups in total. The van der Waals surface area contributed by atoms with Crippen LogP contribution in [-0.2, 0) is 4.79 Å². The van der Waals surface area contributed by atoms with Gasteiger partial charge in [0.25, 0.3) is 0 Å². The van der Waals surface area contributed by atoms with Gasteiger partial charge in [-0.05, 0) is 0 Å². The molecule has 2 aliphatic rings. The second kappa shape index (κ2) is 5.18. The molecule has 1 fully saturated rings. The van der Waals surface area contributed by atoms with Gasteiger partial charge in [0.05, 0.1) is 0 Å². The van der Waals surface area contributed by atoms with Crippen LogP contribution in [0, 0.1) is 5.92 Å². The number of carbonyl (C=O) groups is 1. The van der Waals surface area contributed by atoms with E-state index in [1.54, 1.807) is 0 Å². The third kappa shape index (κ3) is 2.32. The quantitative estimate of drug-likeness (QED) is 0.833. The van der Waals surface area contributed by atoms with Crippen molar-refractivity contribution in [2.24, 2.45) is 13.8 Å². The minimum atomic E-state index is -0.0600. The molecule has 0 spiro atoms. The molecule has 5 nitrogen and oxygen atoms in total. The van der Waals surface area contributed by atoms with Crippen molar-refractivity contribution in [2.45, 2.75) is 12.8 Å². The van der Waals surface area contributed by atoms with Crippen LogP contribution in [0.5, 0.6) is 0 Å². The topological polar surface area (TPSA) is 65.8 Å². The number of hydrogen-bond donors (Lipinski definition) is 2. The van der Waals surface area contributed by atoms with Gasteiger partial charge in [-0.3, -0.25) is 0 Å². The fraction of sp³-hybridized carbons (Fsp3) is 0.417. The molecular formula is C12H14N4OSe. The molecule has 0 aromatic heterocycles. The Labute approximate surface area is 111 Å². The van der Waals surface area contributed by atoms with E-state index in [1.807, 2.05) is 18.2 Å². The van der Waals surface area contributed by atoms with E-state index in [1.165, 1.54) is 0 Å². The summed E-state index contributed by atoms with van der Waals surface area (Å²) in [5, 5.41) is 6.24. The van der Waals surface area contributed by atoms with Crippen LogP contribution in [0.3, 0.4) is 0 Å². The Bertz CT molecular complexity index is 545. The van der Waals surface area contributed by atoms with Crippen molar-refractivity contribution in [1.82, 2.24) is 5.32 Å².